The summed E-state index contributed by atoms with van der Waals surface area (Å²) in [5.41, 5.74) is 1.31. The third-order valence-corrected chi connectivity index (χ3v) is 5.58. The van der Waals surface area contributed by atoms with Crippen LogP contribution in [0.1, 0.15) is 45.8 Å². The Balaban J connectivity index is 1.78. The van der Waals surface area contributed by atoms with E-state index in [1.165, 1.54) is 29.7 Å². The van der Waals surface area contributed by atoms with Crippen LogP contribution in [0.3, 0.4) is 0 Å². The number of carbonyl (C=O) groups excluding carboxylic acids is 1. The predicted octanol–water partition coefficient (Wildman–Crippen LogP) is 2.33. The van der Waals surface area contributed by atoms with Crippen molar-refractivity contribution in [1.29, 1.82) is 0 Å². The molecule has 1 amide bonds. The average molecular weight is 323 g/mol. The van der Waals surface area contributed by atoms with Crippen LogP contribution in [0.25, 0.3) is 0 Å². The van der Waals surface area contributed by atoms with Gasteiger partial charge in [0, 0.05) is 11.4 Å². The largest absolute Gasteiger partial charge is 0.481 e. The maximum atomic E-state index is 12.8. The second-order valence-electron chi connectivity index (χ2n) is 5.94. The minimum absolute atomic E-state index is 0.0346. The molecule has 0 saturated carbocycles. The van der Waals surface area contributed by atoms with Crippen molar-refractivity contribution >= 4 is 23.2 Å². The number of nitrogens with zero attached hydrogens (tertiary/aromatic N) is 1. The fourth-order valence-electron chi connectivity index (χ4n) is 3.21. The van der Waals surface area contributed by atoms with E-state index in [2.05, 4.69) is 0 Å². The molecule has 1 aliphatic heterocycles. The number of hydrogen-bond donors (Lipinski definition) is 1. The quantitative estimate of drug-likeness (QED) is 0.867. The van der Waals surface area contributed by atoms with Crippen molar-refractivity contribution < 1.29 is 19.4 Å². The lowest BCUT2D eigenvalue weighted by Gasteiger charge is -2.34. The molecule has 2 aliphatic rings. The molecule has 1 fully saturated rings. The van der Waals surface area contributed by atoms with Crippen molar-refractivity contribution in [2.45, 2.75) is 44.6 Å². The molecule has 120 valence electrons. The smallest absolute Gasteiger partial charge is 0.305 e. The van der Waals surface area contributed by atoms with E-state index < -0.39 is 5.97 Å². The molecule has 1 atom stereocenters. The summed E-state index contributed by atoms with van der Waals surface area (Å²) in [6.45, 7) is 1.26. The van der Waals surface area contributed by atoms with E-state index in [9.17, 15) is 9.59 Å². The van der Waals surface area contributed by atoms with Gasteiger partial charge in [0.15, 0.2) is 0 Å². The average Bonchev–Trinajstić information content (AvgIpc) is 2.78. The number of rotatable bonds is 3. The first kappa shape index (κ1) is 15.5. The Kier molecular flexibility index (Phi) is 4.78. The second kappa shape index (κ2) is 6.79. The Bertz CT molecular complexity index is 545. The van der Waals surface area contributed by atoms with Gasteiger partial charge in [-0.3, -0.25) is 9.59 Å². The molecular formula is C16H21NO4S. The monoisotopic (exact) mass is 323 g/mol. The Morgan fingerprint density at radius 3 is 2.95 bits per heavy atom. The van der Waals surface area contributed by atoms with E-state index >= 15 is 0 Å². The fourth-order valence-corrected chi connectivity index (χ4v) is 4.42. The number of hydrogen-bond acceptors (Lipinski definition) is 4. The highest BCUT2D eigenvalue weighted by Crippen LogP contribution is 2.30. The number of fused-ring (bicyclic) bond motifs is 1. The van der Waals surface area contributed by atoms with Crippen LogP contribution in [0, 0.1) is 0 Å². The number of thiophene rings is 1. The molecular weight excluding hydrogens is 302 g/mol. The first-order valence-electron chi connectivity index (χ1n) is 7.87. The third kappa shape index (κ3) is 3.33. The van der Waals surface area contributed by atoms with Crippen LogP contribution < -0.4 is 0 Å². The maximum absolute atomic E-state index is 12.8. The van der Waals surface area contributed by atoms with Gasteiger partial charge in [0.05, 0.1) is 30.6 Å². The zero-order valence-corrected chi connectivity index (χ0v) is 13.4. The summed E-state index contributed by atoms with van der Waals surface area (Å²) in [5.74, 6) is -0.928. The van der Waals surface area contributed by atoms with Crippen LogP contribution in [0.5, 0.6) is 0 Å². The Labute approximate surface area is 133 Å². The van der Waals surface area contributed by atoms with Crippen molar-refractivity contribution in [3.8, 4) is 0 Å². The van der Waals surface area contributed by atoms with Gasteiger partial charge in [-0.05, 0) is 37.3 Å². The Morgan fingerprint density at radius 1 is 1.32 bits per heavy atom. The molecule has 1 unspecified atom stereocenters. The molecule has 22 heavy (non-hydrogen) atoms. The molecule has 1 saturated heterocycles. The number of ether oxygens (including phenoxy) is 1. The highest BCUT2D eigenvalue weighted by Gasteiger charge is 2.31. The first-order chi connectivity index (χ1) is 10.6. The predicted molar refractivity (Wildman–Crippen MR) is 83.5 cm³/mol. The van der Waals surface area contributed by atoms with Gasteiger partial charge in [0.2, 0.25) is 0 Å². The molecule has 0 spiro atoms. The van der Waals surface area contributed by atoms with Gasteiger partial charge in [0.1, 0.15) is 0 Å². The van der Waals surface area contributed by atoms with Crippen LogP contribution in [-0.2, 0) is 22.4 Å². The van der Waals surface area contributed by atoms with E-state index in [0.29, 0.717) is 19.8 Å². The summed E-state index contributed by atoms with van der Waals surface area (Å²) < 4.78 is 5.34. The van der Waals surface area contributed by atoms with Crippen molar-refractivity contribution in [3.63, 3.8) is 0 Å². The number of amides is 1. The number of aryl methyl sites for hydroxylation is 2. The number of carboxylic acids is 1. The highest BCUT2D eigenvalue weighted by molar-refractivity contribution is 7.14. The highest BCUT2D eigenvalue weighted by atomic mass is 32.1. The molecule has 1 aromatic rings. The van der Waals surface area contributed by atoms with Crippen LogP contribution >= 0.6 is 11.3 Å². The lowest BCUT2D eigenvalue weighted by molar-refractivity contribution is -0.139. The number of aliphatic carboxylic acids is 1. The van der Waals surface area contributed by atoms with Gasteiger partial charge in [0.25, 0.3) is 5.91 Å². The fraction of sp³-hybridized carbons (Fsp3) is 0.625. The van der Waals surface area contributed by atoms with E-state index in [4.69, 9.17) is 9.84 Å². The molecule has 1 N–H and O–H groups in total. The maximum Gasteiger partial charge on any atom is 0.305 e. The van der Waals surface area contributed by atoms with Gasteiger partial charge in [-0.1, -0.05) is 6.42 Å². The molecule has 1 aliphatic carbocycles. The SMILES string of the molecule is O=C(O)CC1COCCN1C(=O)c1cc2c(s1)CCCCC2. The number of carbonyl (C=O) groups is 2. The Morgan fingerprint density at radius 2 is 2.14 bits per heavy atom. The molecule has 3 rings (SSSR count). The second-order valence-corrected chi connectivity index (χ2v) is 7.08. The summed E-state index contributed by atoms with van der Waals surface area (Å²) in [5, 5.41) is 9.01. The van der Waals surface area contributed by atoms with Crippen LogP contribution in [0.4, 0.5) is 0 Å². The third-order valence-electron chi connectivity index (χ3n) is 4.36. The number of morpholine rings is 1. The molecule has 5 nitrogen and oxygen atoms in total. The number of carboxylic acid groups (broad SMARTS) is 1. The molecule has 6 heteroatoms. The van der Waals surface area contributed by atoms with Crippen molar-refractivity contribution in [2.75, 3.05) is 19.8 Å². The van der Waals surface area contributed by atoms with Gasteiger partial charge in [-0.2, -0.15) is 0 Å². The van der Waals surface area contributed by atoms with E-state index in [1.54, 1.807) is 16.2 Å². The molecule has 2 heterocycles. The van der Waals surface area contributed by atoms with Crippen molar-refractivity contribution in [1.82, 2.24) is 4.90 Å². The Hall–Kier alpha value is -1.40. The summed E-state index contributed by atoms with van der Waals surface area (Å²) in [7, 11) is 0. The van der Waals surface area contributed by atoms with E-state index in [1.807, 2.05) is 6.07 Å². The summed E-state index contributed by atoms with van der Waals surface area (Å²) in [4.78, 5) is 27.5. The van der Waals surface area contributed by atoms with E-state index in [0.717, 1.165) is 17.7 Å². The summed E-state index contributed by atoms with van der Waals surface area (Å²) in [6, 6.07) is 1.67. The summed E-state index contributed by atoms with van der Waals surface area (Å²) >= 11 is 1.59. The first-order valence-corrected chi connectivity index (χ1v) is 8.69. The molecule has 1 aromatic heterocycles. The van der Waals surface area contributed by atoms with Crippen LogP contribution in [0.15, 0.2) is 6.07 Å². The minimum atomic E-state index is -0.893. The van der Waals surface area contributed by atoms with Crippen LogP contribution in [0.2, 0.25) is 0 Å². The normalized spacial score (nSPS) is 22.0. The van der Waals surface area contributed by atoms with Gasteiger partial charge in [-0.25, -0.2) is 0 Å². The van der Waals surface area contributed by atoms with Crippen molar-refractivity contribution in [3.05, 3.63) is 21.4 Å². The molecule has 0 aromatic carbocycles. The summed E-state index contributed by atoms with van der Waals surface area (Å²) in [6.07, 6.45) is 5.71. The zero-order chi connectivity index (χ0) is 15.5. The molecule has 0 bridgehead atoms. The van der Waals surface area contributed by atoms with Crippen LogP contribution in [-0.4, -0.2) is 47.7 Å². The van der Waals surface area contributed by atoms with E-state index in [-0.39, 0.29) is 18.4 Å². The lowest BCUT2D eigenvalue weighted by atomic mass is 10.1. The lowest BCUT2D eigenvalue weighted by Crippen LogP contribution is -2.49. The van der Waals surface area contributed by atoms with Gasteiger partial charge >= 0.3 is 5.97 Å². The minimum Gasteiger partial charge on any atom is -0.481 e. The van der Waals surface area contributed by atoms with Gasteiger partial charge < -0.3 is 14.7 Å². The van der Waals surface area contributed by atoms with Gasteiger partial charge in [-0.15, -0.1) is 11.3 Å². The standard InChI is InChI=1S/C16H21NO4S/c18-15(19)9-12-10-21-7-6-17(12)16(20)14-8-11-4-2-1-3-5-13(11)22-14/h8,12H,1-7,9-10H2,(H,18,19). The molecule has 0 radical (unpaired) electrons. The topological polar surface area (TPSA) is 66.8 Å². The van der Waals surface area contributed by atoms with Crippen molar-refractivity contribution in [2.24, 2.45) is 0 Å². The zero-order valence-electron chi connectivity index (χ0n) is 12.5.